The average molecular weight is 342 g/mol. The molecule has 3 heterocycles. The second kappa shape index (κ2) is 5.75. The summed E-state index contributed by atoms with van der Waals surface area (Å²) in [5.41, 5.74) is 1.44. The largest absolute Gasteiger partial charge is 0.489 e. The fourth-order valence-electron chi connectivity index (χ4n) is 3.33. The van der Waals surface area contributed by atoms with E-state index in [0.717, 1.165) is 28.9 Å². The third kappa shape index (κ3) is 3.06. The van der Waals surface area contributed by atoms with Gasteiger partial charge in [0.15, 0.2) is 0 Å². The Labute approximate surface area is 146 Å². The second-order valence-corrected chi connectivity index (χ2v) is 7.49. The molecule has 2 aromatic rings. The molecular weight excluding hydrogens is 320 g/mol. The number of amides is 1. The van der Waals surface area contributed by atoms with E-state index in [1.165, 1.54) is 0 Å². The lowest BCUT2D eigenvalue weighted by atomic mass is 10.1. The number of benzene rings is 1. The molecule has 4 rings (SSSR count). The zero-order chi connectivity index (χ0) is 17.6. The van der Waals surface area contributed by atoms with Crippen LogP contribution < -0.4 is 9.64 Å². The van der Waals surface area contributed by atoms with Gasteiger partial charge in [0.1, 0.15) is 24.3 Å². The first kappa shape index (κ1) is 15.9. The molecular formula is C18H22N4O3. The Morgan fingerprint density at radius 3 is 2.96 bits per heavy atom. The molecule has 0 aliphatic carbocycles. The summed E-state index contributed by atoms with van der Waals surface area (Å²) >= 11 is 0. The molecule has 1 saturated heterocycles. The van der Waals surface area contributed by atoms with E-state index in [0.29, 0.717) is 19.7 Å². The zero-order valence-corrected chi connectivity index (χ0v) is 14.7. The Balaban J connectivity index is 1.56. The van der Waals surface area contributed by atoms with Crippen molar-refractivity contribution in [2.75, 3.05) is 31.1 Å². The van der Waals surface area contributed by atoms with Crippen LogP contribution in [0, 0.1) is 0 Å². The summed E-state index contributed by atoms with van der Waals surface area (Å²) < 4.78 is 11.4. The van der Waals surface area contributed by atoms with Crippen molar-refractivity contribution in [3.63, 3.8) is 0 Å². The first-order chi connectivity index (χ1) is 11.9. The number of fused-ring (bicyclic) bond motifs is 4. The van der Waals surface area contributed by atoms with Gasteiger partial charge in [-0.25, -0.2) is 14.8 Å². The lowest BCUT2D eigenvalue weighted by Gasteiger charge is -2.45. The fraction of sp³-hybridized carbons (Fsp3) is 0.500. The van der Waals surface area contributed by atoms with Gasteiger partial charge in [-0.2, -0.15) is 0 Å². The molecule has 1 atom stereocenters. The molecule has 7 nitrogen and oxygen atoms in total. The molecule has 25 heavy (non-hydrogen) atoms. The second-order valence-electron chi connectivity index (χ2n) is 7.49. The molecule has 0 radical (unpaired) electrons. The van der Waals surface area contributed by atoms with Gasteiger partial charge in [-0.1, -0.05) is 0 Å². The maximum atomic E-state index is 12.3. The molecule has 2 aliphatic heterocycles. The number of piperazine rings is 1. The number of rotatable bonds is 0. The molecule has 0 spiro atoms. The number of anilines is 1. The van der Waals surface area contributed by atoms with Crippen LogP contribution in [0.1, 0.15) is 20.8 Å². The van der Waals surface area contributed by atoms with Crippen molar-refractivity contribution in [2.45, 2.75) is 32.4 Å². The molecule has 132 valence electrons. The van der Waals surface area contributed by atoms with Crippen LogP contribution in [0.3, 0.4) is 0 Å². The SMILES string of the molecule is CC(C)(C)OC(=O)N1CCN2c3cc4cncnc4cc3OCC2C1. The highest BCUT2D eigenvalue weighted by Gasteiger charge is 2.36. The van der Waals surface area contributed by atoms with Crippen molar-refractivity contribution in [1.82, 2.24) is 14.9 Å². The molecule has 1 unspecified atom stereocenters. The van der Waals surface area contributed by atoms with E-state index in [9.17, 15) is 4.79 Å². The van der Waals surface area contributed by atoms with Crippen LogP contribution in [0.25, 0.3) is 10.9 Å². The van der Waals surface area contributed by atoms with E-state index >= 15 is 0 Å². The van der Waals surface area contributed by atoms with Gasteiger partial charge >= 0.3 is 6.09 Å². The van der Waals surface area contributed by atoms with Crippen LogP contribution in [0.15, 0.2) is 24.7 Å². The summed E-state index contributed by atoms with van der Waals surface area (Å²) in [6, 6.07) is 4.15. The smallest absolute Gasteiger partial charge is 0.410 e. The molecule has 0 bridgehead atoms. The first-order valence-corrected chi connectivity index (χ1v) is 8.52. The van der Waals surface area contributed by atoms with Gasteiger partial charge in [-0.05, 0) is 26.8 Å². The van der Waals surface area contributed by atoms with Crippen LogP contribution in [-0.2, 0) is 4.74 Å². The topological polar surface area (TPSA) is 67.8 Å². The molecule has 1 fully saturated rings. The predicted molar refractivity (Wildman–Crippen MR) is 94.0 cm³/mol. The Hall–Kier alpha value is -2.57. The maximum absolute atomic E-state index is 12.3. The van der Waals surface area contributed by atoms with Crippen LogP contribution in [-0.4, -0.2) is 58.8 Å². The molecule has 1 amide bonds. The lowest BCUT2D eigenvalue weighted by Crippen LogP contribution is -2.59. The predicted octanol–water partition coefficient (Wildman–Crippen LogP) is 2.45. The van der Waals surface area contributed by atoms with E-state index in [1.54, 1.807) is 11.2 Å². The number of carbonyl (C=O) groups excluding carboxylic acids is 1. The Bertz CT molecular complexity index is 818. The van der Waals surface area contributed by atoms with E-state index in [2.05, 4.69) is 20.9 Å². The minimum atomic E-state index is -0.483. The van der Waals surface area contributed by atoms with Crippen LogP contribution in [0.5, 0.6) is 5.75 Å². The van der Waals surface area contributed by atoms with Crippen molar-refractivity contribution >= 4 is 22.7 Å². The highest BCUT2D eigenvalue weighted by molar-refractivity contribution is 5.86. The Kier molecular flexibility index (Phi) is 3.67. The van der Waals surface area contributed by atoms with E-state index in [-0.39, 0.29) is 12.1 Å². The fourth-order valence-corrected chi connectivity index (χ4v) is 3.33. The summed E-state index contributed by atoms with van der Waals surface area (Å²) in [6.07, 6.45) is 3.09. The van der Waals surface area contributed by atoms with E-state index < -0.39 is 5.60 Å². The maximum Gasteiger partial charge on any atom is 0.410 e. The molecule has 1 aromatic heterocycles. The highest BCUT2D eigenvalue weighted by Crippen LogP contribution is 2.38. The van der Waals surface area contributed by atoms with Crippen molar-refractivity contribution in [3.8, 4) is 5.75 Å². The average Bonchev–Trinajstić information content (AvgIpc) is 2.58. The van der Waals surface area contributed by atoms with Gasteiger partial charge in [0.05, 0.1) is 17.2 Å². The normalized spacial score (nSPS) is 19.9. The van der Waals surface area contributed by atoms with Crippen molar-refractivity contribution in [1.29, 1.82) is 0 Å². The van der Waals surface area contributed by atoms with E-state index in [4.69, 9.17) is 9.47 Å². The number of carbonyl (C=O) groups is 1. The minimum Gasteiger partial charge on any atom is -0.489 e. The summed E-state index contributed by atoms with van der Waals surface area (Å²) in [4.78, 5) is 24.8. The van der Waals surface area contributed by atoms with Crippen molar-refractivity contribution in [3.05, 3.63) is 24.7 Å². The number of ether oxygens (including phenoxy) is 2. The third-order valence-corrected chi connectivity index (χ3v) is 4.46. The first-order valence-electron chi connectivity index (χ1n) is 8.52. The number of nitrogens with zero attached hydrogens (tertiary/aromatic N) is 4. The summed E-state index contributed by atoms with van der Waals surface area (Å²) in [7, 11) is 0. The van der Waals surface area contributed by atoms with Gasteiger partial charge in [0, 0.05) is 37.3 Å². The Morgan fingerprint density at radius 1 is 1.32 bits per heavy atom. The molecule has 1 aromatic carbocycles. The lowest BCUT2D eigenvalue weighted by molar-refractivity contribution is 0.0195. The van der Waals surface area contributed by atoms with Gasteiger partial charge in [0.25, 0.3) is 0 Å². The monoisotopic (exact) mass is 342 g/mol. The number of hydrogen-bond acceptors (Lipinski definition) is 6. The van der Waals surface area contributed by atoms with Crippen LogP contribution in [0.2, 0.25) is 0 Å². The van der Waals surface area contributed by atoms with Crippen molar-refractivity contribution < 1.29 is 14.3 Å². The van der Waals surface area contributed by atoms with Gasteiger partial charge in [0.2, 0.25) is 0 Å². The standard InChI is InChI=1S/C18H22N4O3/c1-18(2,3)25-17(23)21-4-5-22-13(9-21)10-24-16-7-14-12(6-15(16)22)8-19-11-20-14/h6-8,11,13H,4-5,9-10H2,1-3H3. The quantitative estimate of drug-likeness (QED) is 0.732. The Morgan fingerprint density at radius 2 is 2.16 bits per heavy atom. The summed E-state index contributed by atoms with van der Waals surface area (Å²) in [5, 5.41) is 0.986. The summed E-state index contributed by atoms with van der Waals surface area (Å²) in [6.45, 7) is 8.17. The third-order valence-electron chi connectivity index (χ3n) is 4.46. The molecule has 7 heteroatoms. The molecule has 0 saturated carbocycles. The molecule has 0 N–H and O–H groups in total. The van der Waals surface area contributed by atoms with Crippen molar-refractivity contribution in [2.24, 2.45) is 0 Å². The van der Waals surface area contributed by atoms with Gasteiger partial charge in [-0.3, -0.25) is 0 Å². The number of hydrogen-bond donors (Lipinski definition) is 0. The van der Waals surface area contributed by atoms with Gasteiger partial charge < -0.3 is 19.3 Å². The molecule has 2 aliphatic rings. The number of aromatic nitrogens is 2. The summed E-state index contributed by atoms with van der Waals surface area (Å²) in [5.74, 6) is 0.841. The van der Waals surface area contributed by atoms with E-state index in [1.807, 2.05) is 33.0 Å². The highest BCUT2D eigenvalue weighted by atomic mass is 16.6. The van der Waals surface area contributed by atoms with Crippen LogP contribution >= 0.6 is 0 Å². The van der Waals surface area contributed by atoms with Gasteiger partial charge in [-0.15, -0.1) is 0 Å². The minimum absolute atomic E-state index is 0.121. The van der Waals surface area contributed by atoms with Crippen LogP contribution in [0.4, 0.5) is 10.5 Å². The zero-order valence-electron chi connectivity index (χ0n) is 14.7.